The van der Waals surface area contributed by atoms with Gasteiger partial charge in [0.25, 0.3) is 0 Å². The van der Waals surface area contributed by atoms with Crippen molar-refractivity contribution in [2.45, 2.75) is 148 Å². The minimum Gasteiger partial charge on any atom is -0.303 e. The minimum absolute atomic E-state index is 0.763. The molecule has 0 atom stereocenters. The average molecular weight is 353 g/mol. The molecule has 0 saturated carbocycles. The van der Waals surface area contributed by atoms with E-state index in [1.807, 2.05) is 0 Å². The SMILES string of the molecule is CCCCCCCCCCCCCCCCCCCCCCCC=O. The molecule has 0 amide bonds. The van der Waals surface area contributed by atoms with Gasteiger partial charge in [0.1, 0.15) is 6.29 Å². The van der Waals surface area contributed by atoms with Crippen molar-refractivity contribution < 1.29 is 4.79 Å². The van der Waals surface area contributed by atoms with Gasteiger partial charge in [0.05, 0.1) is 0 Å². The molecule has 0 unspecified atom stereocenters. The Morgan fingerprint density at radius 2 is 0.640 bits per heavy atom. The van der Waals surface area contributed by atoms with Crippen LogP contribution in [0.15, 0.2) is 0 Å². The van der Waals surface area contributed by atoms with Gasteiger partial charge in [-0.15, -0.1) is 0 Å². The summed E-state index contributed by atoms with van der Waals surface area (Å²) in [4.78, 5) is 10.2. The highest BCUT2D eigenvalue weighted by Crippen LogP contribution is 2.15. The first-order chi connectivity index (χ1) is 12.4. The highest BCUT2D eigenvalue weighted by atomic mass is 16.1. The molecular formula is C24H48O. The second kappa shape index (κ2) is 23.7. The largest absolute Gasteiger partial charge is 0.303 e. The molecule has 150 valence electrons. The molecule has 0 fully saturated rings. The van der Waals surface area contributed by atoms with Crippen LogP contribution in [0, 0.1) is 0 Å². The molecule has 0 aromatic carbocycles. The molecular weight excluding hydrogens is 304 g/mol. The number of carbonyl (C=O) groups is 1. The van der Waals surface area contributed by atoms with Gasteiger partial charge in [-0.1, -0.05) is 135 Å². The van der Waals surface area contributed by atoms with Crippen LogP contribution in [0.4, 0.5) is 0 Å². The summed E-state index contributed by atoms with van der Waals surface area (Å²) in [5.41, 5.74) is 0. The maximum atomic E-state index is 10.2. The van der Waals surface area contributed by atoms with Gasteiger partial charge in [-0.25, -0.2) is 0 Å². The molecule has 0 bridgehead atoms. The van der Waals surface area contributed by atoms with E-state index < -0.39 is 0 Å². The maximum absolute atomic E-state index is 10.2. The second-order valence-corrected chi connectivity index (χ2v) is 8.03. The van der Waals surface area contributed by atoms with E-state index in [1.165, 1.54) is 128 Å². The van der Waals surface area contributed by atoms with E-state index >= 15 is 0 Å². The zero-order chi connectivity index (χ0) is 18.3. The molecule has 0 aliphatic rings. The van der Waals surface area contributed by atoms with E-state index in [2.05, 4.69) is 6.92 Å². The van der Waals surface area contributed by atoms with Crippen LogP contribution in [0.5, 0.6) is 0 Å². The minimum atomic E-state index is 0.763. The summed E-state index contributed by atoms with van der Waals surface area (Å²) in [6, 6.07) is 0. The highest BCUT2D eigenvalue weighted by molar-refractivity contribution is 5.48. The number of hydrogen-bond acceptors (Lipinski definition) is 1. The van der Waals surface area contributed by atoms with Crippen LogP contribution in [-0.2, 0) is 4.79 Å². The molecule has 0 aromatic heterocycles. The Morgan fingerprint density at radius 3 is 0.880 bits per heavy atom. The molecule has 1 nitrogen and oxygen atoms in total. The first kappa shape index (κ1) is 24.7. The van der Waals surface area contributed by atoms with Gasteiger partial charge in [0.15, 0.2) is 0 Å². The number of hydrogen-bond donors (Lipinski definition) is 0. The van der Waals surface area contributed by atoms with Crippen molar-refractivity contribution in [2.24, 2.45) is 0 Å². The fourth-order valence-electron chi connectivity index (χ4n) is 3.66. The van der Waals surface area contributed by atoms with Gasteiger partial charge in [-0.2, -0.15) is 0 Å². The molecule has 0 radical (unpaired) electrons. The number of unbranched alkanes of at least 4 members (excludes halogenated alkanes) is 21. The molecule has 0 aliphatic carbocycles. The lowest BCUT2D eigenvalue weighted by Gasteiger charge is -2.04. The molecule has 0 rings (SSSR count). The van der Waals surface area contributed by atoms with E-state index in [4.69, 9.17) is 0 Å². The number of carbonyl (C=O) groups excluding carboxylic acids is 1. The van der Waals surface area contributed by atoms with Gasteiger partial charge in [-0.05, 0) is 6.42 Å². The summed E-state index contributed by atoms with van der Waals surface area (Å²) in [6.45, 7) is 2.29. The van der Waals surface area contributed by atoms with Crippen LogP contribution in [0.2, 0.25) is 0 Å². The maximum Gasteiger partial charge on any atom is 0.119 e. The predicted octanol–water partition coefficient (Wildman–Crippen LogP) is 8.79. The molecule has 0 spiro atoms. The van der Waals surface area contributed by atoms with Gasteiger partial charge >= 0.3 is 0 Å². The van der Waals surface area contributed by atoms with Crippen molar-refractivity contribution in [3.8, 4) is 0 Å². The van der Waals surface area contributed by atoms with Crippen molar-refractivity contribution in [3.63, 3.8) is 0 Å². The van der Waals surface area contributed by atoms with E-state index in [0.717, 1.165) is 19.1 Å². The normalized spacial score (nSPS) is 11.1. The van der Waals surface area contributed by atoms with Crippen molar-refractivity contribution in [1.82, 2.24) is 0 Å². The summed E-state index contributed by atoms with van der Waals surface area (Å²) in [7, 11) is 0. The third-order valence-electron chi connectivity index (χ3n) is 5.43. The lowest BCUT2D eigenvalue weighted by molar-refractivity contribution is -0.107. The smallest absolute Gasteiger partial charge is 0.119 e. The van der Waals surface area contributed by atoms with E-state index in [1.54, 1.807) is 0 Å². The third-order valence-corrected chi connectivity index (χ3v) is 5.43. The second-order valence-electron chi connectivity index (χ2n) is 8.03. The summed E-state index contributed by atoms with van der Waals surface area (Å²) in [6.07, 6.45) is 31.5. The third kappa shape index (κ3) is 23.7. The molecule has 0 saturated heterocycles. The Labute approximate surface area is 159 Å². The Balaban J connectivity index is 2.95. The first-order valence-electron chi connectivity index (χ1n) is 11.9. The molecule has 25 heavy (non-hydrogen) atoms. The summed E-state index contributed by atoms with van der Waals surface area (Å²) < 4.78 is 0. The summed E-state index contributed by atoms with van der Waals surface area (Å²) >= 11 is 0. The molecule has 0 aliphatic heterocycles. The van der Waals surface area contributed by atoms with Crippen molar-refractivity contribution in [3.05, 3.63) is 0 Å². The fourth-order valence-corrected chi connectivity index (χ4v) is 3.66. The van der Waals surface area contributed by atoms with Crippen LogP contribution in [0.25, 0.3) is 0 Å². The highest BCUT2D eigenvalue weighted by Gasteiger charge is 1.95. The van der Waals surface area contributed by atoms with Crippen LogP contribution >= 0.6 is 0 Å². The Bertz CT molecular complexity index is 236. The van der Waals surface area contributed by atoms with Gasteiger partial charge < -0.3 is 4.79 Å². The molecule has 0 aromatic rings. The quantitative estimate of drug-likeness (QED) is 0.140. The monoisotopic (exact) mass is 352 g/mol. The Morgan fingerprint density at radius 1 is 0.400 bits per heavy atom. The zero-order valence-electron chi connectivity index (χ0n) is 17.5. The van der Waals surface area contributed by atoms with Crippen LogP contribution in [0.1, 0.15) is 148 Å². The number of aldehydes is 1. The average Bonchev–Trinajstić information content (AvgIpc) is 2.63. The van der Waals surface area contributed by atoms with Gasteiger partial charge in [0, 0.05) is 6.42 Å². The number of rotatable bonds is 22. The van der Waals surface area contributed by atoms with Crippen LogP contribution in [0.3, 0.4) is 0 Å². The zero-order valence-corrected chi connectivity index (χ0v) is 17.5. The lowest BCUT2D eigenvalue weighted by Crippen LogP contribution is -1.84. The van der Waals surface area contributed by atoms with E-state index in [9.17, 15) is 4.79 Å². The lowest BCUT2D eigenvalue weighted by atomic mass is 10.0. The van der Waals surface area contributed by atoms with Crippen molar-refractivity contribution in [2.75, 3.05) is 0 Å². The van der Waals surface area contributed by atoms with Crippen molar-refractivity contribution >= 4 is 6.29 Å². The predicted molar refractivity (Wildman–Crippen MR) is 113 cm³/mol. The van der Waals surface area contributed by atoms with Gasteiger partial charge in [-0.3, -0.25) is 0 Å². The fraction of sp³-hybridized carbons (Fsp3) is 0.958. The topological polar surface area (TPSA) is 17.1 Å². The summed E-state index contributed by atoms with van der Waals surface area (Å²) in [5.74, 6) is 0. The molecule has 0 heterocycles. The van der Waals surface area contributed by atoms with Gasteiger partial charge in [0.2, 0.25) is 0 Å². The molecule has 0 N–H and O–H groups in total. The first-order valence-corrected chi connectivity index (χ1v) is 11.9. The standard InChI is InChI=1S/C24H48O/c1-2-3-4-5-6-7-8-9-10-11-12-13-14-15-16-17-18-19-20-21-22-23-24-25/h24H,2-23H2,1H3. The Hall–Kier alpha value is -0.330. The summed E-state index contributed by atoms with van der Waals surface area (Å²) in [5, 5.41) is 0. The Kier molecular flexibility index (Phi) is 23.4. The van der Waals surface area contributed by atoms with Crippen LogP contribution in [-0.4, -0.2) is 6.29 Å². The van der Waals surface area contributed by atoms with Crippen LogP contribution < -0.4 is 0 Å². The van der Waals surface area contributed by atoms with Crippen molar-refractivity contribution in [1.29, 1.82) is 0 Å². The van der Waals surface area contributed by atoms with E-state index in [0.29, 0.717) is 0 Å². The molecule has 1 heteroatoms. The van der Waals surface area contributed by atoms with E-state index in [-0.39, 0.29) is 0 Å².